The van der Waals surface area contributed by atoms with Gasteiger partial charge < -0.3 is 4.57 Å². The third-order valence-electron chi connectivity index (χ3n) is 3.62. The molecule has 0 bridgehead atoms. The van der Waals surface area contributed by atoms with Gasteiger partial charge in [-0.1, -0.05) is 76.6 Å². The fourth-order valence-electron chi connectivity index (χ4n) is 2.51. The Morgan fingerprint density at radius 2 is 1.62 bits per heavy atom. The Balaban J connectivity index is 1.87. The molecule has 3 aromatic rings. The Labute approximate surface area is 133 Å². The van der Waals surface area contributed by atoms with Gasteiger partial charge >= 0.3 is 0 Å². The molecule has 3 rings (SSSR count). The van der Waals surface area contributed by atoms with E-state index in [2.05, 4.69) is 74.1 Å². The summed E-state index contributed by atoms with van der Waals surface area (Å²) in [5, 5.41) is 0.934. The Hall–Kier alpha value is -1.87. The van der Waals surface area contributed by atoms with Crippen molar-refractivity contribution < 1.29 is 0 Å². The number of alkyl halides is 1. The summed E-state index contributed by atoms with van der Waals surface area (Å²) in [5.74, 6) is 1.46. The topological polar surface area (TPSA) is 17.8 Å². The molecule has 0 saturated carbocycles. The number of benzene rings is 2. The van der Waals surface area contributed by atoms with Crippen LogP contribution in [-0.4, -0.2) is 14.9 Å². The fourth-order valence-corrected chi connectivity index (χ4v) is 3.09. The summed E-state index contributed by atoms with van der Waals surface area (Å²) in [6, 6.07) is 20.9. The molecule has 0 amide bonds. The van der Waals surface area contributed by atoms with Crippen LogP contribution in [0.4, 0.5) is 0 Å². The molecule has 0 aliphatic rings. The number of halogens is 1. The molecular formula is C18H17BrN2. The summed E-state index contributed by atoms with van der Waals surface area (Å²) in [6.45, 7) is 0.916. The van der Waals surface area contributed by atoms with Gasteiger partial charge in [-0.25, -0.2) is 4.98 Å². The Morgan fingerprint density at radius 3 is 2.29 bits per heavy atom. The van der Waals surface area contributed by atoms with Gasteiger partial charge in [-0.3, -0.25) is 0 Å². The molecule has 0 saturated heterocycles. The normalized spacial score (nSPS) is 12.2. The van der Waals surface area contributed by atoms with Gasteiger partial charge in [0.2, 0.25) is 0 Å². The molecular weight excluding hydrogens is 324 g/mol. The van der Waals surface area contributed by atoms with Crippen LogP contribution in [0.5, 0.6) is 0 Å². The highest BCUT2D eigenvalue weighted by atomic mass is 79.9. The van der Waals surface area contributed by atoms with Crippen molar-refractivity contribution in [3.8, 4) is 11.4 Å². The van der Waals surface area contributed by atoms with E-state index >= 15 is 0 Å². The minimum absolute atomic E-state index is 0.433. The lowest BCUT2D eigenvalue weighted by Crippen LogP contribution is -2.11. The van der Waals surface area contributed by atoms with Crippen LogP contribution in [0, 0.1) is 0 Å². The number of hydrogen-bond acceptors (Lipinski definition) is 1. The Morgan fingerprint density at radius 1 is 0.952 bits per heavy atom. The van der Waals surface area contributed by atoms with Crippen molar-refractivity contribution in [2.75, 3.05) is 5.33 Å². The standard InChI is InChI=1S/C18H17BrN2/c19-13-17(15-7-3-1-4-8-15)14-21-12-11-20-18(21)16-9-5-2-6-10-16/h1-12,17H,13-14H2. The first-order valence-electron chi connectivity index (χ1n) is 7.06. The summed E-state index contributed by atoms with van der Waals surface area (Å²) in [7, 11) is 0. The summed E-state index contributed by atoms with van der Waals surface area (Å²) in [5.41, 5.74) is 2.51. The van der Waals surface area contributed by atoms with Crippen molar-refractivity contribution in [2.45, 2.75) is 12.5 Å². The van der Waals surface area contributed by atoms with E-state index in [0.717, 1.165) is 23.3 Å². The van der Waals surface area contributed by atoms with Crippen LogP contribution in [0.2, 0.25) is 0 Å². The number of rotatable bonds is 5. The van der Waals surface area contributed by atoms with E-state index < -0.39 is 0 Å². The molecule has 0 fully saturated rings. The second-order valence-corrected chi connectivity index (χ2v) is 5.68. The van der Waals surface area contributed by atoms with Crippen LogP contribution in [-0.2, 0) is 6.54 Å². The second-order valence-electron chi connectivity index (χ2n) is 5.03. The van der Waals surface area contributed by atoms with Crippen LogP contribution in [0.1, 0.15) is 11.5 Å². The average molecular weight is 341 g/mol. The van der Waals surface area contributed by atoms with E-state index in [1.807, 2.05) is 24.4 Å². The van der Waals surface area contributed by atoms with Crippen LogP contribution >= 0.6 is 15.9 Å². The number of aromatic nitrogens is 2. The van der Waals surface area contributed by atoms with Crippen molar-refractivity contribution in [3.05, 3.63) is 78.6 Å². The van der Waals surface area contributed by atoms with Crippen LogP contribution in [0.25, 0.3) is 11.4 Å². The van der Waals surface area contributed by atoms with Gasteiger partial charge in [0.25, 0.3) is 0 Å². The number of imidazole rings is 1. The van der Waals surface area contributed by atoms with Crippen LogP contribution in [0.3, 0.4) is 0 Å². The Kier molecular flexibility index (Phi) is 4.51. The van der Waals surface area contributed by atoms with Crippen LogP contribution in [0.15, 0.2) is 73.1 Å². The summed E-state index contributed by atoms with van der Waals surface area (Å²) in [6.07, 6.45) is 3.93. The molecule has 0 spiro atoms. The molecule has 1 atom stereocenters. The van der Waals surface area contributed by atoms with Crippen LogP contribution < -0.4 is 0 Å². The third-order valence-corrected chi connectivity index (χ3v) is 4.40. The summed E-state index contributed by atoms with van der Waals surface area (Å²) < 4.78 is 2.23. The lowest BCUT2D eigenvalue weighted by Gasteiger charge is -2.17. The van der Waals surface area contributed by atoms with Gasteiger partial charge in [0, 0.05) is 35.7 Å². The minimum Gasteiger partial charge on any atom is -0.330 e. The first-order valence-corrected chi connectivity index (χ1v) is 8.18. The Bertz CT molecular complexity index is 677. The molecule has 0 aliphatic carbocycles. The molecule has 2 nitrogen and oxygen atoms in total. The van der Waals surface area contributed by atoms with E-state index in [-0.39, 0.29) is 0 Å². The first kappa shape index (κ1) is 14.1. The van der Waals surface area contributed by atoms with E-state index in [4.69, 9.17) is 0 Å². The van der Waals surface area contributed by atoms with Gasteiger partial charge in [-0.05, 0) is 5.56 Å². The molecule has 3 heteroatoms. The first-order chi connectivity index (χ1) is 10.4. The highest BCUT2D eigenvalue weighted by molar-refractivity contribution is 9.09. The van der Waals surface area contributed by atoms with E-state index in [0.29, 0.717) is 5.92 Å². The molecule has 1 aromatic heterocycles. The predicted molar refractivity (Wildman–Crippen MR) is 90.6 cm³/mol. The molecule has 0 aliphatic heterocycles. The number of nitrogens with zero attached hydrogens (tertiary/aromatic N) is 2. The highest BCUT2D eigenvalue weighted by Crippen LogP contribution is 2.24. The largest absolute Gasteiger partial charge is 0.330 e. The van der Waals surface area contributed by atoms with Crippen molar-refractivity contribution in [3.63, 3.8) is 0 Å². The zero-order valence-electron chi connectivity index (χ0n) is 11.7. The minimum atomic E-state index is 0.433. The SMILES string of the molecule is BrCC(Cn1ccnc1-c1ccccc1)c1ccccc1. The van der Waals surface area contributed by atoms with Gasteiger partial charge in [0.1, 0.15) is 5.82 Å². The van der Waals surface area contributed by atoms with E-state index in [1.165, 1.54) is 5.56 Å². The van der Waals surface area contributed by atoms with Gasteiger partial charge in [-0.15, -0.1) is 0 Å². The lowest BCUT2D eigenvalue weighted by molar-refractivity contribution is 0.611. The van der Waals surface area contributed by atoms with Crippen molar-refractivity contribution >= 4 is 15.9 Å². The van der Waals surface area contributed by atoms with Crippen molar-refractivity contribution in [1.29, 1.82) is 0 Å². The monoisotopic (exact) mass is 340 g/mol. The number of hydrogen-bond donors (Lipinski definition) is 0. The van der Waals surface area contributed by atoms with Gasteiger partial charge in [0.05, 0.1) is 0 Å². The van der Waals surface area contributed by atoms with E-state index in [9.17, 15) is 0 Å². The van der Waals surface area contributed by atoms with Crippen molar-refractivity contribution in [2.24, 2.45) is 0 Å². The van der Waals surface area contributed by atoms with Gasteiger partial charge in [0.15, 0.2) is 0 Å². The molecule has 2 aromatic carbocycles. The smallest absolute Gasteiger partial charge is 0.139 e. The highest BCUT2D eigenvalue weighted by Gasteiger charge is 2.13. The summed E-state index contributed by atoms with van der Waals surface area (Å²) in [4.78, 5) is 4.52. The lowest BCUT2D eigenvalue weighted by atomic mass is 10.0. The van der Waals surface area contributed by atoms with Gasteiger partial charge in [-0.2, -0.15) is 0 Å². The summed E-state index contributed by atoms with van der Waals surface area (Å²) >= 11 is 3.65. The van der Waals surface area contributed by atoms with Crippen molar-refractivity contribution in [1.82, 2.24) is 9.55 Å². The zero-order chi connectivity index (χ0) is 14.5. The molecule has 21 heavy (non-hydrogen) atoms. The molecule has 106 valence electrons. The molecule has 1 heterocycles. The molecule has 0 radical (unpaired) electrons. The molecule has 0 N–H and O–H groups in total. The zero-order valence-corrected chi connectivity index (χ0v) is 13.3. The molecule has 1 unspecified atom stereocenters. The van der Waals surface area contributed by atoms with E-state index in [1.54, 1.807) is 0 Å². The predicted octanol–water partition coefficient (Wildman–Crippen LogP) is 4.73. The second kappa shape index (κ2) is 6.72. The fraction of sp³-hybridized carbons (Fsp3) is 0.167. The average Bonchev–Trinajstić information content (AvgIpc) is 3.02. The quantitative estimate of drug-likeness (QED) is 0.614. The third kappa shape index (κ3) is 3.24. The maximum atomic E-state index is 4.52. The maximum Gasteiger partial charge on any atom is 0.139 e. The maximum absolute atomic E-state index is 4.52.